The van der Waals surface area contributed by atoms with Crippen molar-refractivity contribution >= 4 is 23.0 Å². The molecule has 1 aliphatic heterocycles. The number of carbonyl (C=O) groups excluding carboxylic acids is 1. The highest BCUT2D eigenvalue weighted by atomic mass is 19.4. The van der Waals surface area contributed by atoms with E-state index >= 15 is 0 Å². The first kappa shape index (κ1) is 28.1. The molecule has 2 aromatic heterocycles. The molecule has 1 atom stereocenters. The number of nitriles is 1. The first-order valence-corrected chi connectivity index (χ1v) is 13.5. The molecule has 1 amide bonds. The number of rotatable bonds is 7. The van der Waals surface area contributed by atoms with Gasteiger partial charge in [-0.05, 0) is 73.6 Å². The van der Waals surface area contributed by atoms with Gasteiger partial charge < -0.3 is 14.6 Å². The molecule has 11 heteroatoms. The molecule has 8 nitrogen and oxygen atoms in total. The Morgan fingerprint density at radius 3 is 2.56 bits per heavy atom. The second-order valence-corrected chi connectivity index (χ2v) is 10.3. The number of halogens is 3. The van der Waals surface area contributed by atoms with Gasteiger partial charge in [0.15, 0.2) is 5.58 Å². The maximum Gasteiger partial charge on any atom is 0.433 e. The predicted octanol–water partition coefficient (Wildman–Crippen LogP) is 6.34. The monoisotopic (exact) mass is 562 g/mol. The number of piperidine rings is 1. The Hall–Kier alpha value is -4.46. The smallest absolute Gasteiger partial charge is 0.433 e. The number of anilines is 1. The Balaban J connectivity index is 1.19. The van der Waals surface area contributed by atoms with Gasteiger partial charge in [-0.2, -0.15) is 18.4 Å². The Labute approximate surface area is 235 Å². The Morgan fingerprint density at radius 1 is 1.17 bits per heavy atom. The van der Waals surface area contributed by atoms with E-state index in [2.05, 4.69) is 40.2 Å². The van der Waals surface area contributed by atoms with Gasteiger partial charge in [0.2, 0.25) is 11.8 Å². The lowest BCUT2D eigenvalue weighted by molar-refractivity contribution is -0.141. The minimum Gasteiger partial charge on any atom is -0.436 e. The maximum absolute atomic E-state index is 13.0. The predicted molar refractivity (Wildman–Crippen MR) is 147 cm³/mol. The molecule has 1 N–H and O–H groups in total. The van der Waals surface area contributed by atoms with E-state index in [4.69, 9.17) is 4.42 Å². The van der Waals surface area contributed by atoms with Crippen molar-refractivity contribution in [2.75, 3.05) is 24.5 Å². The topological polar surface area (TPSA) is 108 Å². The molecule has 2 aromatic carbocycles. The fraction of sp³-hybridized carbons (Fsp3) is 0.367. The number of nitrogens with one attached hydrogen (secondary N) is 1. The molecule has 1 unspecified atom stereocenters. The first-order chi connectivity index (χ1) is 19.7. The fourth-order valence-electron chi connectivity index (χ4n) is 4.93. The van der Waals surface area contributed by atoms with E-state index in [1.807, 2.05) is 6.07 Å². The van der Waals surface area contributed by atoms with Crippen molar-refractivity contribution in [1.82, 2.24) is 20.3 Å². The SMILES string of the molecule is CCC(C)c1cc(C#N)cc2nc(-c3ccc(C(=O)NCC4CCN(c5nccc(C(F)(F)F)n5)CC4)cc3)oc12. The number of hydrogen-bond acceptors (Lipinski definition) is 7. The average Bonchev–Trinajstić information content (AvgIpc) is 3.43. The molecule has 0 spiro atoms. The van der Waals surface area contributed by atoms with Crippen LogP contribution in [0.3, 0.4) is 0 Å². The summed E-state index contributed by atoms with van der Waals surface area (Å²) in [5.74, 6) is 0.679. The third kappa shape index (κ3) is 6.16. The number of fused-ring (bicyclic) bond motifs is 1. The molecule has 0 radical (unpaired) electrons. The fourth-order valence-corrected chi connectivity index (χ4v) is 4.93. The first-order valence-electron chi connectivity index (χ1n) is 13.5. The number of oxazole rings is 1. The number of aromatic nitrogens is 3. The summed E-state index contributed by atoms with van der Waals surface area (Å²) < 4.78 is 45.0. The average molecular weight is 563 g/mol. The van der Waals surface area contributed by atoms with Gasteiger partial charge >= 0.3 is 6.18 Å². The molecule has 3 heterocycles. The summed E-state index contributed by atoms with van der Waals surface area (Å²) >= 11 is 0. The highest BCUT2D eigenvalue weighted by Gasteiger charge is 2.33. The van der Waals surface area contributed by atoms with Crippen LogP contribution in [0.25, 0.3) is 22.6 Å². The zero-order valence-electron chi connectivity index (χ0n) is 22.7. The van der Waals surface area contributed by atoms with Crippen molar-refractivity contribution in [1.29, 1.82) is 5.26 Å². The van der Waals surface area contributed by atoms with E-state index in [1.54, 1.807) is 35.2 Å². The zero-order valence-corrected chi connectivity index (χ0v) is 22.7. The Bertz CT molecular complexity index is 1580. The lowest BCUT2D eigenvalue weighted by Crippen LogP contribution is -2.39. The van der Waals surface area contributed by atoms with Gasteiger partial charge in [-0.15, -0.1) is 0 Å². The molecule has 4 aromatic rings. The quantitative estimate of drug-likeness (QED) is 0.280. The van der Waals surface area contributed by atoms with Crippen molar-refractivity contribution in [2.45, 2.75) is 45.2 Å². The molecular weight excluding hydrogens is 533 g/mol. The second-order valence-electron chi connectivity index (χ2n) is 10.3. The molecule has 5 rings (SSSR count). The van der Waals surface area contributed by atoms with Gasteiger partial charge in [0.25, 0.3) is 5.91 Å². The van der Waals surface area contributed by atoms with Crippen molar-refractivity contribution < 1.29 is 22.4 Å². The van der Waals surface area contributed by atoms with Crippen LogP contribution in [0.4, 0.5) is 19.1 Å². The van der Waals surface area contributed by atoms with Crippen molar-refractivity contribution in [3.05, 3.63) is 71.0 Å². The standard InChI is InChI=1S/C30H29F3N6O2/c1-3-18(2)23-14-20(16-34)15-24-26(23)41-28(37-24)22-6-4-21(5-7-22)27(40)36-17-19-9-12-39(13-10-19)29-35-11-8-25(38-29)30(31,32)33/h4-8,11,14-15,18-19H,3,9-10,12-13,17H2,1-2H3,(H,36,40). The zero-order chi connectivity index (χ0) is 29.1. The van der Waals surface area contributed by atoms with Crippen molar-refractivity contribution in [3.63, 3.8) is 0 Å². The minimum absolute atomic E-state index is 0.0722. The molecule has 0 saturated carbocycles. The number of nitrogens with zero attached hydrogens (tertiary/aromatic N) is 5. The second kappa shape index (κ2) is 11.6. The van der Waals surface area contributed by atoms with Gasteiger partial charge in [0.1, 0.15) is 11.2 Å². The maximum atomic E-state index is 13.0. The summed E-state index contributed by atoms with van der Waals surface area (Å²) in [5, 5.41) is 12.4. The van der Waals surface area contributed by atoms with E-state index in [-0.39, 0.29) is 23.7 Å². The van der Waals surface area contributed by atoms with Crippen LogP contribution < -0.4 is 10.2 Å². The van der Waals surface area contributed by atoms with E-state index in [9.17, 15) is 23.2 Å². The number of carbonyl (C=O) groups is 1. The number of benzene rings is 2. The van der Waals surface area contributed by atoms with Crippen LogP contribution in [0.15, 0.2) is 53.1 Å². The minimum atomic E-state index is -4.51. The molecule has 1 aliphatic rings. The van der Waals surface area contributed by atoms with E-state index in [1.165, 1.54) is 0 Å². The lowest BCUT2D eigenvalue weighted by atomic mass is 9.96. The third-order valence-corrected chi connectivity index (χ3v) is 7.57. The summed E-state index contributed by atoms with van der Waals surface area (Å²) in [5.41, 5.74) is 3.03. The van der Waals surface area contributed by atoms with Crippen LogP contribution in [0.1, 0.15) is 66.2 Å². The third-order valence-electron chi connectivity index (χ3n) is 7.57. The van der Waals surface area contributed by atoms with Gasteiger partial charge in [-0.1, -0.05) is 13.8 Å². The van der Waals surface area contributed by atoms with Gasteiger partial charge in [-0.3, -0.25) is 4.79 Å². The Kier molecular flexibility index (Phi) is 7.92. The van der Waals surface area contributed by atoms with Crippen LogP contribution in [-0.2, 0) is 6.18 Å². The Morgan fingerprint density at radius 2 is 1.90 bits per heavy atom. The molecule has 0 bridgehead atoms. The number of hydrogen-bond donors (Lipinski definition) is 1. The molecule has 1 saturated heterocycles. The number of alkyl halides is 3. The van der Waals surface area contributed by atoms with Crippen LogP contribution >= 0.6 is 0 Å². The van der Waals surface area contributed by atoms with Crippen LogP contribution in [0.5, 0.6) is 0 Å². The molecular formula is C30H29F3N6O2. The van der Waals surface area contributed by atoms with E-state index in [0.29, 0.717) is 60.6 Å². The van der Waals surface area contributed by atoms with Crippen LogP contribution in [0, 0.1) is 17.2 Å². The summed E-state index contributed by atoms with van der Waals surface area (Å²) in [6.45, 7) is 5.64. The molecule has 212 valence electrons. The van der Waals surface area contributed by atoms with E-state index in [0.717, 1.165) is 29.8 Å². The molecule has 0 aliphatic carbocycles. The molecule has 1 fully saturated rings. The van der Waals surface area contributed by atoms with Gasteiger partial charge in [0, 0.05) is 42.5 Å². The van der Waals surface area contributed by atoms with Gasteiger partial charge in [0.05, 0.1) is 11.6 Å². The summed E-state index contributed by atoms with van der Waals surface area (Å²) in [6, 6.07) is 13.6. The van der Waals surface area contributed by atoms with Crippen molar-refractivity contribution in [3.8, 4) is 17.5 Å². The van der Waals surface area contributed by atoms with Crippen molar-refractivity contribution in [2.24, 2.45) is 5.92 Å². The summed E-state index contributed by atoms with van der Waals surface area (Å²) in [7, 11) is 0. The highest BCUT2D eigenvalue weighted by molar-refractivity contribution is 5.94. The summed E-state index contributed by atoms with van der Waals surface area (Å²) in [6.07, 6.45) is -1.10. The molecule has 41 heavy (non-hydrogen) atoms. The lowest BCUT2D eigenvalue weighted by Gasteiger charge is -2.32. The summed E-state index contributed by atoms with van der Waals surface area (Å²) in [4.78, 5) is 26.8. The van der Waals surface area contributed by atoms with E-state index < -0.39 is 11.9 Å². The van der Waals surface area contributed by atoms with Crippen LogP contribution in [-0.4, -0.2) is 40.5 Å². The van der Waals surface area contributed by atoms with Crippen LogP contribution in [0.2, 0.25) is 0 Å². The number of amides is 1. The van der Waals surface area contributed by atoms with Gasteiger partial charge in [-0.25, -0.2) is 15.0 Å². The largest absolute Gasteiger partial charge is 0.436 e. The normalized spacial score (nSPS) is 15.1. The highest BCUT2D eigenvalue weighted by Crippen LogP contribution is 2.33.